The van der Waals surface area contributed by atoms with Crippen molar-refractivity contribution in [1.82, 2.24) is 9.88 Å². The molecule has 0 spiro atoms. The van der Waals surface area contributed by atoms with Crippen molar-refractivity contribution in [3.63, 3.8) is 0 Å². The molecule has 0 bridgehead atoms. The third kappa shape index (κ3) is 5.69. The number of amides is 1. The second kappa shape index (κ2) is 9.89. The number of carbonyl (C=O) groups is 3. The average molecular weight is 418 g/mol. The Morgan fingerprint density at radius 3 is 2.26 bits per heavy atom. The fraction of sp³-hybridized carbons (Fsp3) is 0.240. The maximum absolute atomic E-state index is 12.6. The molecule has 0 radical (unpaired) electrons. The first-order valence-electron chi connectivity index (χ1n) is 10.1. The van der Waals surface area contributed by atoms with Crippen molar-refractivity contribution in [2.24, 2.45) is 0 Å². The van der Waals surface area contributed by atoms with Crippen LogP contribution >= 0.6 is 0 Å². The fourth-order valence-electron chi connectivity index (χ4n) is 3.34. The van der Waals surface area contributed by atoms with Gasteiger partial charge in [-0.25, -0.2) is 4.79 Å². The molecule has 1 amide bonds. The number of benzene rings is 2. The zero-order valence-corrected chi connectivity index (χ0v) is 18.0. The van der Waals surface area contributed by atoms with Crippen molar-refractivity contribution >= 4 is 17.7 Å². The lowest BCUT2D eigenvalue weighted by Crippen LogP contribution is -2.19. The van der Waals surface area contributed by atoms with Crippen molar-refractivity contribution < 1.29 is 19.1 Å². The maximum atomic E-state index is 12.6. The number of ether oxygens (including phenoxy) is 1. The topological polar surface area (TPSA) is 77.4 Å². The van der Waals surface area contributed by atoms with E-state index in [1.807, 2.05) is 44.2 Å². The molecule has 3 rings (SSSR count). The highest BCUT2D eigenvalue weighted by Crippen LogP contribution is 2.18. The van der Waals surface area contributed by atoms with E-state index in [-0.39, 0.29) is 18.3 Å². The Morgan fingerprint density at radius 2 is 1.61 bits per heavy atom. The summed E-state index contributed by atoms with van der Waals surface area (Å²) in [7, 11) is 0. The van der Waals surface area contributed by atoms with Gasteiger partial charge in [0.25, 0.3) is 0 Å². The summed E-state index contributed by atoms with van der Waals surface area (Å²) in [5, 5.41) is 2.70. The Hall–Kier alpha value is -3.67. The minimum Gasteiger partial charge on any atom is -0.454 e. The minimum atomic E-state index is -0.511. The fourth-order valence-corrected chi connectivity index (χ4v) is 3.34. The monoisotopic (exact) mass is 418 g/mol. The van der Waals surface area contributed by atoms with Crippen LogP contribution in [0, 0.1) is 13.8 Å². The molecule has 0 saturated heterocycles. The molecule has 0 fully saturated rings. The highest BCUT2D eigenvalue weighted by atomic mass is 16.5. The molecule has 31 heavy (non-hydrogen) atoms. The van der Waals surface area contributed by atoms with Crippen LogP contribution in [0.1, 0.15) is 50.2 Å². The number of hydrogen-bond donors (Lipinski definition) is 1. The molecule has 0 saturated carbocycles. The van der Waals surface area contributed by atoms with E-state index in [1.54, 1.807) is 30.3 Å². The number of Topliss-reactive ketones (excluding diaryl/α,β-unsaturated/α-hetero) is 1. The molecule has 6 heteroatoms. The Kier molecular flexibility index (Phi) is 7.03. The lowest BCUT2D eigenvalue weighted by molar-refractivity contribution is -0.119. The van der Waals surface area contributed by atoms with E-state index in [2.05, 4.69) is 9.88 Å². The number of nitrogens with one attached hydrogen (secondary N) is 1. The van der Waals surface area contributed by atoms with Crippen molar-refractivity contribution in [1.29, 1.82) is 0 Å². The van der Waals surface area contributed by atoms with E-state index in [4.69, 9.17) is 4.74 Å². The van der Waals surface area contributed by atoms with Gasteiger partial charge in [0.05, 0.1) is 5.56 Å². The van der Waals surface area contributed by atoms with Crippen LogP contribution in [0.4, 0.5) is 0 Å². The van der Waals surface area contributed by atoms with Crippen LogP contribution in [0.25, 0.3) is 0 Å². The maximum Gasteiger partial charge on any atom is 0.340 e. The summed E-state index contributed by atoms with van der Waals surface area (Å²) in [5.41, 5.74) is 4.70. The molecule has 1 N–H and O–H groups in total. The summed E-state index contributed by atoms with van der Waals surface area (Å²) >= 11 is 0. The predicted octanol–water partition coefficient (Wildman–Crippen LogP) is 3.83. The van der Waals surface area contributed by atoms with Gasteiger partial charge in [0.1, 0.15) is 0 Å². The van der Waals surface area contributed by atoms with Crippen LogP contribution in [-0.2, 0) is 22.6 Å². The van der Waals surface area contributed by atoms with E-state index < -0.39 is 5.97 Å². The van der Waals surface area contributed by atoms with Crippen LogP contribution in [0.5, 0.6) is 0 Å². The molecule has 6 nitrogen and oxygen atoms in total. The molecule has 1 aromatic heterocycles. The number of esters is 1. The van der Waals surface area contributed by atoms with Gasteiger partial charge in [0, 0.05) is 37.0 Å². The summed E-state index contributed by atoms with van der Waals surface area (Å²) in [4.78, 5) is 36.0. The van der Waals surface area contributed by atoms with Gasteiger partial charge in [-0.3, -0.25) is 9.59 Å². The van der Waals surface area contributed by atoms with Crippen LogP contribution in [0.3, 0.4) is 0 Å². The summed E-state index contributed by atoms with van der Waals surface area (Å²) in [6.07, 6.45) is 0. The van der Waals surface area contributed by atoms with Gasteiger partial charge in [-0.2, -0.15) is 0 Å². The van der Waals surface area contributed by atoms with Crippen LogP contribution in [0.2, 0.25) is 0 Å². The second-order valence-corrected chi connectivity index (χ2v) is 7.46. The van der Waals surface area contributed by atoms with Crippen molar-refractivity contribution in [2.75, 3.05) is 6.61 Å². The zero-order chi connectivity index (χ0) is 22.4. The Balaban J connectivity index is 1.61. The molecule has 0 aliphatic carbocycles. The summed E-state index contributed by atoms with van der Waals surface area (Å²) in [6, 6.07) is 18.7. The molecule has 1 heterocycles. The van der Waals surface area contributed by atoms with Gasteiger partial charge >= 0.3 is 5.97 Å². The summed E-state index contributed by atoms with van der Waals surface area (Å²) in [5.74, 6) is -0.907. The van der Waals surface area contributed by atoms with E-state index in [0.29, 0.717) is 24.2 Å². The number of nitrogens with zero attached hydrogens (tertiary/aromatic N) is 1. The zero-order valence-electron chi connectivity index (χ0n) is 18.0. The smallest absolute Gasteiger partial charge is 0.340 e. The lowest BCUT2D eigenvalue weighted by Gasteiger charge is -2.10. The molecular formula is C25H26N2O4. The largest absolute Gasteiger partial charge is 0.454 e. The highest BCUT2D eigenvalue weighted by molar-refractivity contribution is 5.99. The highest BCUT2D eigenvalue weighted by Gasteiger charge is 2.18. The van der Waals surface area contributed by atoms with Crippen molar-refractivity contribution in [2.45, 2.75) is 33.9 Å². The number of hydrogen-bond acceptors (Lipinski definition) is 4. The van der Waals surface area contributed by atoms with Crippen molar-refractivity contribution in [3.05, 3.63) is 94.3 Å². The molecule has 0 unspecified atom stereocenters. The quantitative estimate of drug-likeness (QED) is 0.446. The molecule has 0 aliphatic heterocycles. The second-order valence-electron chi connectivity index (χ2n) is 7.46. The van der Waals surface area contributed by atoms with Crippen LogP contribution < -0.4 is 5.32 Å². The minimum absolute atomic E-state index is 0.116. The molecule has 2 aromatic carbocycles. The predicted molar refractivity (Wildman–Crippen MR) is 118 cm³/mol. The van der Waals surface area contributed by atoms with Gasteiger partial charge < -0.3 is 14.6 Å². The number of ketones is 1. The third-order valence-corrected chi connectivity index (χ3v) is 5.13. The van der Waals surface area contributed by atoms with Gasteiger partial charge in [-0.15, -0.1) is 0 Å². The van der Waals surface area contributed by atoms with Gasteiger partial charge in [-0.1, -0.05) is 54.6 Å². The normalized spacial score (nSPS) is 10.5. The number of aryl methyl sites for hydroxylation is 1. The molecular weight excluding hydrogens is 392 g/mol. The first-order chi connectivity index (χ1) is 14.8. The standard InChI is InChI=1S/C25H26N2O4/c1-17-13-23(18(2)27(17)15-21-7-5-4-6-8-21)25(30)31-16-24(29)22-11-9-20(10-12-22)14-26-19(3)28/h4-13H,14-16H2,1-3H3,(H,26,28). The Labute approximate surface area is 181 Å². The molecule has 0 aliphatic rings. The number of rotatable bonds is 8. The SMILES string of the molecule is CC(=O)NCc1ccc(C(=O)COC(=O)c2cc(C)n(Cc3ccccc3)c2C)cc1. The first-order valence-corrected chi connectivity index (χ1v) is 10.1. The van der Waals surface area contributed by atoms with E-state index in [9.17, 15) is 14.4 Å². The van der Waals surface area contributed by atoms with Crippen molar-refractivity contribution in [3.8, 4) is 0 Å². The average Bonchev–Trinajstić information content (AvgIpc) is 3.05. The summed E-state index contributed by atoms with van der Waals surface area (Å²) < 4.78 is 7.35. The number of aromatic nitrogens is 1. The number of carbonyl (C=O) groups excluding carboxylic acids is 3. The van der Waals surface area contributed by atoms with E-state index in [1.165, 1.54) is 6.92 Å². The molecule has 160 valence electrons. The molecule has 0 atom stereocenters. The van der Waals surface area contributed by atoms with Gasteiger partial charge in [0.2, 0.25) is 5.91 Å². The third-order valence-electron chi connectivity index (χ3n) is 5.13. The first kappa shape index (κ1) is 22.0. The van der Waals surface area contributed by atoms with Crippen LogP contribution in [0.15, 0.2) is 60.7 Å². The van der Waals surface area contributed by atoms with E-state index >= 15 is 0 Å². The van der Waals surface area contributed by atoms with Crippen LogP contribution in [-0.4, -0.2) is 28.8 Å². The lowest BCUT2D eigenvalue weighted by atomic mass is 10.1. The molecule has 3 aromatic rings. The Morgan fingerprint density at radius 1 is 0.935 bits per heavy atom. The van der Waals surface area contributed by atoms with E-state index in [0.717, 1.165) is 22.5 Å². The van der Waals surface area contributed by atoms with Gasteiger partial charge in [-0.05, 0) is 31.0 Å². The summed E-state index contributed by atoms with van der Waals surface area (Å²) in [6.45, 7) is 6.01. The van der Waals surface area contributed by atoms with Gasteiger partial charge in [0.15, 0.2) is 12.4 Å². The Bertz CT molecular complexity index is 1080.